The molecule has 3 rings (SSSR count). The van der Waals surface area contributed by atoms with Crippen molar-refractivity contribution in [2.45, 2.75) is 13.5 Å². The van der Waals surface area contributed by atoms with Crippen LogP contribution >= 0.6 is 11.6 Å². The van der Waals surface area contributed by atoms with Crippen LogP contribution in [0.25, 0.3) is 0 Å². The van der Waals surface area contributed by atoms with Crippen LogP contribution in [-0.2, 0) is 6.54 Å². The number of aromatic nitrogens is 2. The zero-order chi connectivity index (χ0) is 17.8. The topological polar surface area (TPSA) is 61.4 Å². The summed E-state index contributed by atoms with van der Waals surface area (Å²) in [6.45, 7) is 5.64. The molecule has 1 fully saturated rings. The Balaban J connectivity index is 1.69. The van der Waals surface area contributed by atoms with Gasteiger partial charge in [0.15, 0.2) is 0 Å². The summed E-state index contributed by atoms with van der Waals surface area (Å²) in [6.07, 6.45) is 0. The number of likely N-dealkylation sites (N-methyl/N-ethyl adjacent to an activating group) is 1. The minimum Gasteiger partial charge on any atom is -0.366 e. The summed E-state index contributed by atoms with van der Waals surface area (Å²) in [6, 6.07) is 9.35. The zero-order valence-corrected chi connectivity index (χ0v) is 15.3. The molecule has 1 saturated heterocycles. The van der Waals surface area contributed by atoms with Crippen molar-refractivity contribution >= 4 is 23.3 Å². The van der Waals surface area contributed by atoms with Gasteiger partial charge < -0.3 is 15.1 Å². The number of piperazine rings is 1. The van der Waals surface area contributed by atoms with Gasteiger partial charge in [0.1, 0.15) is 17.3 Å². The fourth-order valence-electron chi connectivity index (χ4n) is 2.73. The molecule has 1 amide bonds. The van der Waals surface area contributed by atoms with Crippen LogP contribution in [0, 0.1) is 6.92 Å². The monoisotopic (exact) mass is 359 g/mol. The van der Waals surface area contributed by atoms with Gasteiger partial charge in [-0.15, -0.1) is 0 Å². The quantitative estimate of drug-likeness (QED) is 0.908. The highest BCUT2D eigenvalue weighted by atomic mass is 35.5. The number of amides is 1. The van der Waals surface area contributed by atoms with Gasteiger partial charge in [0, 0.05) is 43.8 Å². The Kier molecular flexibility index (Phi) is 5.50. The summed E-state index contributed by atoms with van der Waals surface area (Å²) in [5, 5.41) is 3.96. The van der Waals surface area contributed by atoms with Crippen molar-refractivity contribution in [2.24, 2.45) is 0 Å². The van der Waals surface area contributed by atoms with Gasteiger partial charge in [-0.05, 0) is 31.7 Å². The maximum absolute atomic E-state index is 12.7. The fourth-order valence-corrected chi connectivity index (χ4v) is 2.86. The highest BCUT2D eigenvalue weighted by Gasteiger charge is 2.22. The molecule has 0 saturated carbocycles. The molecule has 0 radical (unpaired) electrons. The Morgan fingerprint density at radius 1 is 1.16 bits per heavy atom. The maximum atomic E-state index is 12.7. The predicted molar refractivity (Wildman–Crippen MR) is 98.9 cm³/mol. The second-order valence-electron chi connectivity index (χ2n) is 6.26. The minimum absolute atomic E-state index is 0.0341. The van der Waals surface area contributed by atoms with Crippen LogP contribution in [0.2, 0.25) is 5.02 Å². The first-order chi connectivity index (χ1) is 12.0. The van der Waals surface area contributed by atoms with Crippen LogP contribution in [0.5, 0.6) is 0 Å². The molecule has 1 aromatic heterocycles. The third kappa shape index (κ3) is 4.67. The normalized spacial score (nSPS) is 15.2. The van der Waals surface area contributed by atoms with Crippen molar-refractivity contribution in [3.8, 4) is 0 Å². The van der Waals surface area contributed by atoms with Crippen molar-refractivity contribution in [2.75, 3.05) is 38.5 Å². The van der Waals surface area contributed by atoms with Gasteiger partial charge in [0.2, 0.25) is 0 Å². The smallest absolute Gasteiger partial charge is 0.272 e. The van der Waals surface area contributed by atoms with Gasteiger partial charge in [-0.25, -0.2) is 9.97 Å². The molecule has 1 N–H and O–H groups in total. The van der Waals surface area contributed by atoms with Crippen molar-refractivity contribution in [1.29, 1.82) is 0 Å². The molecule has 7 heteroatoms. The highest BCUT2D eigenvalue weighted by Crippen LogP contribution is 2.14. The number of hydrogen-bond acceptors (Lipinski definition) is 5. The number of aryl methyl sites for hydroxylation is 1. The molecular weight excluding hydrogens is 338 g/mol. The molecule has 6 nitrogen and oxygen atoms in total. The fraction of sp³-hybridized carbons (Fsp3) is 0.389. The summed E-state index contributed by atoms with van der Waals surface area (Å²) in [5.41, 5.74) is 1.53. The van der Waals surface area contributed by atoms with Gasteiger partial charge >= 0.3 is 0 Å². The van der Waals surface area contributed by atoms with E-state index in [0.717, 1.165) is 31.7 Å². The molecule has 1 aliphatic rings. The van der Waals surface area contributed by atoms with Gasteiger partial charge in [-0.3, -0.25) is 4.79 Å². The number of carbonyl (C=O) groups is 1. The number of halogens is 1. The lowest BCUT2D eigenvalue weighted by molar-refractivity contribution is 0.0658. The molecule has 2 heterocycles. The van der Waals surface area contributed by atoms with Gasteiger partial charge in [0.25, 0.3) is 5.91 Å². The van der Waals surface area contributed by atoms with Gasteiger partial charge in [0.05, 0.1) is 0 Å². The third-order valence-corrected chi connectivity index (χ3v) is 4.49. The van der Waals surface area contributed by atoms with E-state index in [2.05, 4.69) is 27.2 Å². The van der Waals surface area contributed by atoms with Crippen LogP contribution in [0.3, 0.4) is 0 Å². The first kappa shape index (κ1) is 17.6. The second kappa shape index (κ2) is 7.80. The van der Waals surface area contributed by atoms with Crippen molar-refractivity contribution < 1.29 is 4.79 Å². The maximum Gasteiger partial charge on any atom is 0.272 e. The van der Waals surface area contributed by atoms with Crippen LogP contribution in [0.1, 0.15) is 21.9 Å². The van der Waals surface area contributed by atoms with E-state index in [1.807, 2.05) is 29.2 Å². The summed E-state index contributed by atoms with van der Waals surface area (Å²) in [5.74, 6) is 1.20. The first-order valence-corrected chi connectivity index (χ1v) is 8.71. The van der Waals surface area contributed by atoms with E-state index < -0.39 is 0 Å². The molecule has 132 valence electrons. The molecule has 0 unspecified atom stereocenters. The lowest BCUT2D eigenvalue weighted by Gasteiger charge is -2.32. The average Bonchev–Trinajstić information content (AvgIpc) is 2.61. The standard InChI is InChI=1S/C18H22ClN5O/c1-13-21-16(18(25)24-9-7-23(2)8-10-24)11-17(22-13)20-12-14-3-5-15(19)6-4-14/h3-6,11H,7-10,12H2,1-2H3,(H,20,21,22). The first-order valence-electron chi connectivity index (χ1n) is 8.33. The number of rotatable bonds is 4. The summed E-state index contributed by atoms with van der Waals surface area (Å²) in [4.78, 5) is 25.5. The Labute approximate surface area is 152 Å². The average molecular weight is 360 g/mol. The Morgan fingerprint density at radius 2 is 1.84 bits per heavy atom. The third-order valence-electron chi connectivity index (χ3n) is 4.23. The molecule has 2 aromatic rings. The van der Waals surface area contributed by atoms with E-state index in [4.69, 9.17) is 11.6 Å². The van der Waals surface area contributed by atoms with Crippen LogP contribution in [0.15, 0.2) is 30.3 Å². The number of hydrogen-bond donors (Lipinski definition) is 1. The lowest BCUT2D eigenvalue weighted by Crippen LogP contribution is -2.47. The number of anilines is 1. The molecule has 25 heavy (non-hydrogen) atoms. The van der Waals surface area contributed by atoms with Crippen molar-refractivity contribution in [3.63, 3.8) is 0 Å². The number of carbonyl (C=O) groups excluding carboxylic acids is 1. The zero-order valence-electron chi connectivity index (χ0n) is 14.5. The van der Waals surface area contributed by atoms with E-state index in [1.165, 1.54) is 0 Å². The second-order valence-corrected chi connectivity index (χ2v) is 6.70. The van der Waals surface area contributed by atoms with Gasteiger partial charge in [-0.2, -0.15) is 0 Å². The molecule has 0 aliphatic carbocycles. The number of benzene rings is 1. The Hall–Kier alpha value is -2.18. The summed E-state index contributed by atoms with van der Waals surface area (Å²) in [7, 11) is 2.06. The molecule has 0 atom stereocenters. The van der Waals surface area contributed by atoms with Crippen LogP contribution in [0.4, 0.5) is 5.82 Å². The highest BCUT2D eigenvalue weighted by molar-refractivity contribution is 6.30. The minimum atomic E-state index is -0.0341. The number of nitrogens with zero attached hydrogens (tertiary/aromatic N) is 4. The van der Waals surface area contributed by atoms with E-state index in [1.54, 1.807) is 13.0 Å². The summed E-state index contributed by atoms with van der Waals surface area (Å²) >= 11 is 5.90. The SMILES string of the molecule is Cc1nc(NCc2ccc(Cl)cc2)cc(C(=O)N2CCN(C)CC2)n1. The molecule has 1 aromatic carbocycles. The van der Waals surface area contributed by atoms with Crippen molar-refractivity contribution in [1.82, 2.24) is 19.8 Å². The molecule has 1 aliphatic heterocycles. The Morgan fingerprint density at radius 3 is 2.52 bits per heavy atom. The number of nitrogens with one attached hydrogen (secondary N) is 1. The van der Waals surface area contributed by atoms with Crippen LogP contribution < -0.4 is 5.32 Å². The summed E-state index contributed by atoms with van der Waals surface area (Å²) < 4.78 is 0. The largest absolute Gasteiger partial charge is 0.366 e. The van der Waals surface area contributed by atoms with E-state index in [0.29, 0.717) is 28.9 Å². The Bertz CT molecular complexity index is 742. The lowest BCUT2D eigenvalue weighted by atomic mass is 10.2. The van der Waals surface area contributed by atoms with E-state index >= 15 is 0 Å². The predicted octanol–water partition coefficient (Wildman–Crippen LogP) is 2.44. The van der Waals surface area contributed by atoms with E-state index in [9.17, 15) is 4.79 Å². The van der Waals surface area contributed by atoms with Crippen LogP contribution in [-0.4, -0.2) is 58.9 Å². The van der Waals surface area contributed by atoms with Gasteiger partial charge in [-0.1, -0.05) is 23.7 Å². The molecule has 0 bridgehead atoms. The molecular formula is C18H22ClN5O. The van der Waals surface area contributed by atoms with E-state index in [-0.39, 0.29) is 5.91 Å². The molecule has 0 spiro atoms. The van der Waals surface area contributed by atoms with Crippen molar-refractivity contribution in [3.05, 3.63) is 52.4 Å².